The Morgan fingerprint density at radius 1 is 0.960 bits per heavy atom. The molecule has 0 atom stereocenters. The number of benzene rings is 2. The first-order chi connectivity index (χ1) is 12.1. The minimum atomic E-state index is -0.257. The van der Waals surface area contributed by atoms with Gasteiger partial charge in [0.25, 0.3) is 5.91 Å². The number of nitrogens with one attached hydrogen (secondary N) is 2. The Morgan fingerprint density at radius 2 is 1.64 bits per heavy atom. The lowest BCUT2D eigenvalue weighted by molar-refractivity contribution is 0.102. The van der Waals surface area contributed by atoms with Crippen LogP contribution in [0.5, 0.6) is 0 Å². The van der Waals surface area contributed by atoms with Gasteiger partial charge in [-0.15, -0.1) is 0 Å². The van der Waals surface area contributed by atoms with E-state index in [1.165, 1.54) is 6.20 Å². The lowest BCUT2D eigenvalue weighted by Crippen LogP contribution is -2.12. The van der Waals surface area contributed by atoms with Gasteiger partial charge in [0.15, 0.2) is 0 Å². The minimum absolute atomic E-state index is 0.257. The molecule has 3 rings (SSSR count). The van der Waals surface area contributed by atoms with Gasteiger partial charge >= 0.3 is 0 Å². The highest BCUT2D eigenvalue weighted by atomic mass is 79.9. The third-order valence-electron chi connectivity index (χ3n) is 3.41. The lowest BCUT2D eigenvalue weighted by atomic mass is 10.2. The SMILES string of the molecule is N#Cc1ccc(NC(=O)c2ccc(Nc3ccc(Br)cc3)nc2)cc1. The van der Waals surface area contributed by atoms with Gasteiger partial charge in [-0.1, -0.05) is 15.9 Å². The van der Waals surface area contributed by atoms with E-state index in [1.54, 1.807) is 36.4 Å². The molecule has 6 heteroatoms. The van der Waals surface area contributed by atoms with Gasteiger partial charge in [0.2, 0.25) is 0 Å². The highest BCUT2D eigenvalue weighted by Gasteiger charge is 2.07. The van der Waals surface area contributed by atoms with Crippen molar-refractivity contribution >= 4 is 39.0 Å². The van der Waals surface area contributed by atoms with Crippen LogP contribution in [0, 0.1) is 11.3 Å². The van der Waals surface area contributed by atoms with Gasteiger partial charge in [0, 0.05) is 22.0 Å². The lowest BCUT2D eigenvalue weighted by Gasteiger charge is -2.08. The van der Waals surface area contributed by atoms with E-state index in [9.17, 15) is 4.79 Å². The molecule has 5 nitrogen and oxygen atoms in total. The Balaban J connectivity index is 1.65. The monoisotopic (exact) mass is 392 g/mol. The predicted octanol–water partition coefficient (Wildman–Crippen LogP) is 4.71. The molecule has 3 aromatic rings. The maximum Gasteiger partial charge on any atom is 0.257 e. The number of anilines is 3. The fourth-order valence-electron chi connectivity index (χ4n) is 2.11. The molecule has 0 bridgehead atoms. The van der Waals surface area contributed by atoms with E-state index in [0.717, 1.165) is 10.2 Å². The molecular weight excluding hydrogens is 380 g/mol. The number of nitriles is 1. The smallest absolute Gasteiger partial charge is 0.257 e. The van der Waals surface area contributed by atoms with Crippen LogP contribution in [0.1, 0.15) is 15.9 Å². The van der Waals surface area contributed by atoms with Gasteiger partial charge in [-0.25, -0.2) is 4.98 Å². The van der Waals surface area contributed by atoms with E-state index in [0.29, 0.717) is 22.6 Å². The van der Waals surface area contributed by atoms with Crippen LogP contribution in [0.15, 0.2) is 71.3 Å². The van der Waals surface area contributed by atoms with E-state index in [-0.39, 0.29) is 5.91 Å². The normalized spacial score (nSPS) is 9.92. The first-order valence-electron chi connectivity index (χ1n) is 7.44. The number of amides is 1. The van der Waals surface area contributed by atoms with Crippen molar-refractivity contribution in [3.63, 3.8) is 0 Å². The average molecular weight is 393 g/mol. The van der Waals surface area contributed by atoms with Crippen molar-refractivity contribution in [3.05, 3.63) is 82.5 Å². The Morgan fingerprint density at radius 3 is 2.24 bits per heavy atom. The van der Waals surface area contributed by atoms with Crippen molar-refractivity contribution in [2.24, 2.45) is 0 Å². The minimum Gasteiger partial charge on any atom is -0.340 e. The first kappa shape index (κ1) is 16.7. The molecule has 1 heterocycles. The number of carbonyl (C=O) groups excluding carboxylic acids is 1. The summed E-state index contributed by atoms with van der Waals surface area (Å²) in [7, 11) is 0. The fourth-order valence-corrected chi connectivity index (χ4v) is 2.38. The van der Waals surface area contributed by atoms with E-state index >= 15 is 0 Å². The number of halogens is 1. The molecule has 2 aromatic carbocycles. The Labute approximate surface area is 153 Å². The zero-order valence-corrected chi connectivity index (χ0v) is 14.6. The van der Waals surface area contributed by atoms with Crippen LogP contribution in [-0.2, 0) is 0 Å². The largest absolute Gasteiger partial charge is 0.340 e. The number of rotatable bonds is 4. The molecular formula is C19H13BrN4O. The van der Waals surface area contributed by atoms with E-state index in [1.807, 2.05) is 30.3 Å². The summed E-state index contributed by atoms with van der Waals surface area (Å²) in [6.07, 6.45) is 1.51. The summed E-state index contributed by atoms with van der Waals surface area (Å²) in [5, 5.41) is 14.7. The maximum absolute atomic E-state index is 12.2. The van der Waals surface area contributed by atoms with Crippen molar-refractivity contribution in [2.45, 2.75) is 0 Å². The molecule has 0 aliphatic heterocycles. The number of pyridine rings is 1. The molecule has 0 radical (unpaired) electrons. The second kappa shape index (κ2) is 7.60. The highest BCUT2D eigenvalue weighted by molar-refractivity contribution is 9.10. The third-order valence-corrected chi connectivity index (χ3v) is 3.94. The Bertz CT molecular complexity index is 914. The van der Waals surface area contributed by atoms with Crippen molar-refractivity contribution in [1.82, 2.24) is 4.98 Å². The molecule has 0 spiro atoms. The number of nitrogens with zero attached hydrogens (tertiary/aromatic N) is 2. The molecule has 0 fully saturated rings. The molecule has 0 aliphatic rings. The summed E-state index contributed by atoms with van der Waals surface area (Å²) in [4.78, 5) is 16.5. The van der Waals surface area contributed by atoms with Crippen LogP contribution in [-0.4, -0.2) is 10.9 Å². The summed E-state index contributed by atoms with van der Waals surface area (Å²) in [6.45, 7) is 0. The van der Waals surface area contributed by atoms with Crippen molar-refractivity contribution in [1.29, 1.82) is 5.26 Å². The summed E-state index contributed by atoms with van der Waals surface area (Å²) in [5.74, 6) is 0.393. The third kappa shape index (κ3) is 4.43. The van der Waals surface area contributed by atoms with Crippen LogP contribution < -0.4 is 10.6 Å². The fraction of sp³-hybridized carbons (Fsp3) is 0. The van der Waals surface area contributed by atoms with Crippen LogP contribution in [0.2, 0.25) is 0 Å². The first-order valence-corrected chi connectivity index (χ1v) is 8.23. The van der Waals surface area contributed by atoms with E-state index < -0.39 is 0 Å². The van der Waals surface area contributed by atoms with Gasteiger partial charge in [-0.2, -0.15) is 5.26 Å². The molecule has 0 saturated carbocycles. The molecule has 25 heavy (non-hydrogen) atoms. The summed E-state index contributed by atoms with van der Waals surface area (Å²) in [5.41, 5.74) is 2.53. The van der Waals surface area contributed by atoms with Crippen LogP contribution in [0.4, 0.5) is 17.2 Å². The molecule has 1 aromatic heterocycles. The quantitative estimate of drug-likeness (QED) is 0.673. The van der Waals surface area contributed by atoms with E-state index in [2.05, 4.69) is 31.5 Å². The zero-order chi connectivity index (χ0) is 17.6. The number of hydrogen-bond acceptors (Lipinski definition) is 4. The van der Waals surface area contributed by atoms with Crippen molar-refractivity contribution in [3.8, 4) is 6.07 Å². The second-order valence-electron chi connectivity index (χ2n) is 5.21. The molecule has 0 saturated heterocycles. The topological polar surface area (TPSA) is 77.8 Å². The number of hydrogen-bond donors (Lipinski definition) is 2. The van der Waals surface area contributed by atoms with Gasteiger partial charge in [-0.05, 0) is 60.7 Å². The van der Waals surface area contributed by atoms with Crippen molar-refractivity contribution in [2.75, 3.05) is 10.6 Å². The summed E-state index contributed by atoms with van der Waals surface area (Å²) in [6, 6.07) is 19.9. The van der Waals surface area contributed by atoms with Crippen LogP contribution >= 0.6 is 15.9 Å². The van der Waals surface area contributed by atoms with Gasteiger partial charge in [0.1, 0.15) is 5.82 Å². The maximum atomic E-state index is 12.2. The Kier molecular flexibility index (Phi) is 5.07. The van der Waals surface area contributed by atoms with E-state index in [4.69, 9.17) is 5.26 Å². The molecule has 2 N–H and O–H groups in total. The van der Waals surface area contributed by atoms with Gasteiger partial charge < -0.3 is 10.6 Å². The molecule has 1 amide bonds. The molecule has 122 valence electrons. The van der Waals surface area contributed by atoms with Crippen LogP contribution in [0.25, 0.3) is 0 Å². The Hall–Kier alpha value is -3.17. The zero-order valence-electron chi connectivity index (χ0n) is 13.0. The molecule has 0 aliphatic carbocycles. The van der Waals surface area contributed by atoms with Gasteiger partial charge in [-0.3, -0.25) is 4.79 Å². The van der Waals surface area contributed by atoms with Crippen LogP contribution in [0.3, 0.4) is 0 Å². The standard InChI is InChI=1S/C19H13BrN4O/c20-15-4-8-16(9-5-15)23-18-10-3-14(12-22-18)19(25)24-17-6-1-13(11-21)2-7-17/h1-10,12H,(H,22,23)(H,24,25). The second-order valence-corrected chi connectivity index (χ2v) is 6.12. The summed E-state index contributed by atoms with van der Waals surface area (Å²) < 4.78 is 1.00. The van der Waals surface area contributed by atoms with Crippen molar-refractivity contribution < 1.29 is 4.79 Å². The number of carbonyl (C=O) groups is 1. The van der Waals surface area contributed by atoms with Gasteiger partial charge in [0.05, 0.1) is 17.2 Å². The average Bonchev–Trinajstić information content (AvgIpc) is 2.65. The highest BCUT2D eigenvalue weighted by Crippen LogP contribution is 2.18. The predicted molar refractivity (Wildman–Crippen MR) is 101 cm³/mol. The summed E-state index contributed by atoms with van der Waals surface area (Å²) >= 11 is 3.39. The number of aromatic nitrogens is 1. The molecule has 0 unspecified atom stereocenters.